The summed E-state index contributed by atoms with van der Waals surface area (Å²) in [5, 5.41) is 4.96. The van der Waals surface area contributed by atoms with Gasteiger partial charge in [-0.1, -0.05) is 0 Å². The van der Waals surface area contributed by atoms with Gasteiger partial charge in [-0.15, -0.1) is 0 Å². The van der Waals surface area contributed by atoms with Crippen molar-refractivity contribution in [1.82, 2.24) is 20.0 Å². The lowest BCUT2D eigenvalue weighted by molar-refractivity contribution is 0.0492. The summed E-state index contributed by atoms with van der Waals surface area (Å²) in [6.45, 7) is 2.98. The Hall–Kier alpha value is -1.18. The first-order valence-electron chi connectivity index (χ1n) is 4.96. The number of anilines is 2. The number of hydrogen-bond acceptors (Lipinski definition) is 7. The SMILES string of the molecule is CNc1nc(Cl)nc(NN2CCOCC2)n1. The van der Waals surface area contributed by atoms with E-state index in [0.29, 0.717) is 25.1 Å². The van der Waals surface area contributed by atoms with E-state index in [1.54, 1.807) is 7.05 Å². The summed E-state index contributed by atoms with van der Waals surface area (Å²) in [4.78, 5) is 12.0. The molecule has 0 bridgehead atoms. The molecule has 2 heterocycles. The van der Waals surface area contributed by atoms with Gasteiger partial charge in [-0.3, -0.25) is 5.43 Å². The first-order chi connectivity index (χ1) is 7.78. The van der Waals surface area contributed by atoms with E-state index in [4.69, 9.17) is 16.3 Å². The van der Waals surface area contributed by atoms with Crippen LogP contribution in [-0.2, 0) is 4.74 Å². The standard InChI is InChI=1S/C8H13ClN6O/c1-10-7-11-6(9)12-8(13-7)14-15-2-4-16-5-3-15/h2-5H2,1H3,(H2,10,11,12,13,14). The number of nitrogens with zero attached hydrogens (tertiary/aromatic N) is 4. The Bertz CT molecular complexity index is 356. The van der Waals surface area contributed by atoms with Gasteiger partial charge in [0, 0.05) is 20.1 Å². The molecule has 1 aromatic heterocycles. The molecule has 0 aromatic carbocycles. The zero-order chi connectivity index (χ0) is 11.4. The summed E-state index contributed by atoms with van der Waals surface area (Å²) >= 11 is 5.76. The van der Waals surface area contributed by atoms with Crippen LogP contribution < -0.4 is 10.7 Å². The number of halogens is 1. The van der Waals surface area contributed by atoms with Crippen LogP contribution in [0.4, 0.5) is 11.9 Å². The van der Waals surface area contributed by atoms with Crippen molar-refractivity contribution in [3.63, 3.8) is 0 Å². The molecule has 0 amide bonds. The van der Waals surface area contributed by atoms with E-state index in [1.165, 1.54) is 0 Å². The molecule has 0 saturated carbocycles. The Morgan fingerprint density at radius 2 is 1.88 bits per heavy atom. The molecule has 0 spiro atoms. The third-order valence-electron chi connectivity index (χ3n) is 2.10. The molecule has 2 N–H and O–H groups in total. The fraction of sp³-hybridized carbons (Fsp3) is 0.625. The number of morpholine rings is 1. The van der Waals surface area contributed by atoms with Gasteiger partial charge in [0.2, 0.25) is 17.2 Å². The highest BCUT2D eigenvalue weighted by molar-refractivity contribution is 6.28. The highest BCUT2D eigenvalue weighted by Gasteiger charge is 2.12. The summed E-state index contributed by atoms with van der Waals surface area (Å²) in [6.07, 6.45) is 0. The van der Waals surface area contributed by atoms with Gasteiger partial charge in [0.15, 0.2) is 0 Å². The highest BCUT2D eigenvalue weighted by atomic mass is 35.5. The molecule has 0 radical (unpaired) electrons. The van der Waals surface area contributed by atoms with Crippen LogP contribution in [0.25, 0.3) is 0 Å². The summed E-state index contributed by atoms with van der Waals surface area (Å²) in [5.74, 6) is 0.877. The third kappa shape index (κ3) is 2.91. The number of hydrogen-bond donors (Lipinski definition) is 2. The van der Waals surface area contributed by atoms with Crippen LogP contribution in [0.1, 0.15) is 0 Å². The first-order valence-corrected chi connectivity index (χ1v) is 5.34. The Balaban J connectivity index is 2.04. The largest absolute Gasteiger partial charge is 0.379 e. The second kappa shape index (κ2) is 5.24. The lowest BCUT2D eigenvalue weighted by atomic mass is 10.5. The zero-order valence-corrected chi connectivity index (χ0v) is 9.66. The van der Waals surface area contributed by atoms with Crippen molar-refractivity contribution in [2.24, 2.45) is 0 Å². The van der Waals surface area contributed by atoms with Crippen LogP contribution in [0.15, 0.2) is 0 Å². The molecule has 1 aliphatic rings. The molecule has 1 fully saturated rings. The topological polar surface area (TPSA) is 75.2 Å². The molecule has 1 saturated heterocycles. The second-order valence-corrected chi connectivity index (χ2v) is 3.55. The molecule has 7 nitrogen and oxygen atoms in total. The highest BCUT2D eigenvalue weighted by Crippen LogP contribution is 2.10. The number of hydrazine groups is 1. The van der Waals surface area contributed by atoms with Crippen LogP contribution in [0.2, 0.25) is 5.28 Å². The molecule has 88 valence electrons. The molecule has 8 heteroatoms. The van der Waals surface area contributed by atoms with Gasteiger partial charge in [0.1, 0.15) is 0 Å². The normalized spacial score (nSPS) is 17.1. The minimum absolute atomic E-state index is 0.162. The monoisotopic (exact) mass is 244 g/mol. The first kappa shape index (κ1) is 11.3. The maximum absolute atomic E-state index is 5.76. The fourth-order valence-corrected chi connectivity index (χ4v) is 1.49. The predicted octanol–water partition coefficient (Wildman–Crippen LogP) is 0.226. The van der Waals surface area contributed by atoms with E-state index in [0.717, 1.165) is 13.1 Å². The molecular weight excluding hydrogens is 232 g/mol. The number of rotatable bonds is 3. The average Bonchev–Trinajstić information content (AvgIpc) is 2.29. The van der Waals surface area contributed by atoms with Crippen molar-refractivity contribution in [2.45, 2.75) is 0 Å². The van der Waals surface area contributed by atoms with Gasteiger partial charge in [-0.2, -0.15) is 15.0 Å². The average molecular weight is 245 g/mol. The maximum atomic E-state index is 5.76. The van der Waals surface area contributed by atoms with Crippen LogP contribution in [0.3, 0.4) is 0 Å². The molecule has 0 unspecified atom stereocenters. The van der Waals surface area contributed by atoms with Gasteiger partial charge in [0.05, 0.1) is 13.2 Å². The van der Waals surface area contributed by atoms with Crippen molar-refractivity contribution in [3.05, 3.63) is 5.28 Å². The van der Waals surface area contributed by atoms with Crippen molar-refractivity contribution in [1.29, 1.82) is 0 Å². The lowest BCUT2D eigenvalue weighted by Crippen LogP contribution is -2.40. The van der Waals surface area contributed by atoms with Crippen LogP contribution >= 0.6 is 11.6 Å². The van der Waals surface area contributed by atoms with E-state index in [9.17, 15) is 0 Å². The van der Waals surface area contributed by atoms with E-state index in [-0.39, 0.29) is 5.28 Å². The van der Waals surface area contributed by atoms with Crippen molar-refractivity contribution >= 4 is 23.5 Å². The Morgan fingerprint density at radius 3 is 2.56 bits per heavy atom. The van der Waals surface area contributed by atoms with Crippen molar-refractivity contribution in [2.75, 3.05) is 44.1 Å². The van der Waals surface area contributed by atoms with E-state index >= 15 is 0 Å². The Kier molecular flexibility index (Phi) is 3.70. The predicted molar refractivity (Wildman–Crippen MR) is 60.4 cm³/mol. The van der Waals surface area contributed by atoms with E-state index < -0.39 is 0 Å². The molecule has 16 heavy (non-hydrogen) atoms. The van der Waals surface area contributed by atoms with Crippen LogP contribution in [0.5, 0.6) is 0 Å². The minimum Gasteiger partial charge on any atom is -0.379 e. The molecule has 0 aliphatic carbocycles. The second-order valence-electron chi connectivity index (χ2n) is 3.21. The molecule has 2 rings (SSSR count). The zero-order valence-electron chi connectivity index (χ0n) is 8.90. The quantitative estimate of drug-likeness (QED) is 0.788. The van der Waals surface area contributed by atoms with Gasteiger partial charge in [-0.25, -0.2) is 5.01 Å². The van der Waals surface area contributed by atoms with E-state index in [2.05, 4.69) is 25.7 Å². The molecule has 0 atom stereocenters. The minimum atomic E-state index is 0.162. The smallest absolute Gasteiger partial charge is 0.243 e. The third-order valence-corrected chi connectivity index (χ3v) is 2.27. The number of aromatic nitrogens is 3. The van der Waals surface area contributed by atoms with Gasteiger partial charge >= 0.3 is 0 Å². The molecular formula is C8H13ClN6O. The molecule has 1 aromatic rings. The summed E-state index contributed by atoms with van der Waals surface area (Å²) in [6, 6.07) is 0. The lowest BCUT2D eigenvalue weighted by Gasteiger charge is -2.26. The van der Waals surface area contributed by atoms with E-state index in [1.807, 2.05) is 5.01 Å². The van der Waals surface area contributed by atoms with Crippen LogP contribution in [-0.4, -0.2) is 53.3 Å². The number of ether oxygens (including phenoxy) is 1. The molecule has 1 aliphatic heterocycles. The fourth-order valence-electron chi connectivity index (χ4n) is 1.33. The summed E-state index contributed by atoms with van der Waals surface area (Å²) in [7, 11) is 1.73. The van der Waals surface area contributed by atoms with Crippen molar-refractivity contribution in [3.8, 4) is 0 Å². The summed E-state index contributed by atoms with van der Waals surface area (Å²) in [5.41, 5.74) is 3.06. The Labute approximate surface area is 98.2 Å². The van der Waals surface area contributed by atoms with Crippen LogP contribution in [0, 0.1) is 0 Å². The van der Waals surface area contributed by atoms with Crippen molar-refractivity contribution < 1.29 is 4.74 Å². The maximum Gasteiger partial charge on any atom is 0.243 e. The van der Waals surface area contributed by atoms with Gasteiger partial charge in [0.25, 0.3) is 0 Å². The number of nitrogens with one attached hydrogen (secondary N) is 2. The summed E-state index contributed by atoms with van der Waals surface area (Å²) < 4.78 is 5.23. The van der Waals surface area contributed by atoms with Gasteiger partial charge in [-0.05, 0) is 11.6 Å². The Morgan fingerprint density at radius 1 is 1.19 bits per heavy atom. The van der Waals surface area contributed by atoms with Gasteiger partial charge < -0.3 is 10.1 Å².